The summed E-state index contributed by atoms with van der Waals surface area (Å²) in [6, 6.07) is 4.60. The van der Waals surface area contributed by atoms with Gasteiger partial charge in [0.1, 0.15) is 11.5 Å². The lowest BCUT2D eigenvalue weighted by Crippen LogP contribution is -2.11. The summed E-state index contributed by atoms with van der Waals surface area (Å²) in [5.74, 6) is 0.452. The fourth-order valence-electron chi connectivity index (χ4n) is 2.76. The minimum Gasteiger partial charge on any atom is -0.311 e. The Bertz CT molecular complexity index is 1010. The first-order chi connectivity index (χ1) is 12.1. The summed E-state index contributed by atoms with van der Waals surface area (Å²) >= 11 is 0. The number of halogens is 3. The smallest absolute Gasteiger partial charge is 0.311 e. The molecule has 9 heteroatoms. The van der Waals surface area contributed by atoms with Crippen molar-refractivity contribution >= 4 is 0 Å². The molecule has 1 aromatic carbocycles. The second kappa shape index (κ2) is 6.40. The van der Waals surface area contributed by atoms with Crippen molar-refractivity contribution < 1.29 is 13.2 Å². The number of rotatable bonds is 3. The molecule has 0 saturated heterocycles. The van der Waals surface area contributed by atoms with Crippen LogP contribution in [0.2, 0.25) is 0 Å². The highest BCUT2D eigenvalue weighted by Gasteiger charge is 2.31. The Hall–Kier alpha value is -2.97. The largest absolute Gasteiger partial charge is 0.416 e. The zero-order valence-corrected chi connectivity index (χ0v) is 14.3. The molecule has 6 nitrogen and oxygen atoms in total. The van der Waals surface area contributed by atoms with E-state index in [4.69, 9.17) is 0 Å². The first kappa shape index (κ1) is 17.8. The molecule has 0 amide bonds. The number of nitrogens with zero attached hydrogens (tertiary/aromatic N) is 4. The number of aryl methyl sites for hydroxylation is 2. The molecule has 0 radical (unpaired) electrons. The van der Waals surface area contributed by atoms with E-state index < -0.39 is 11.7 Å². The van der Waals surface area contributed by atoms with E-state index in [0.717, 1.165) is 12.1 Å². The third-order valence-electron chi connectivity index (χ3n) is 4.08. The van der Waals surface area contributed by atoms with Crippen molar-refractivity contribution in [3.8, 4) is 11.4 Å². The predicted octanol–water partition coefficient (Wildman–Crippen LogP) is 3.27. The third-order valence-corrected chi connectivity index (χ3v) is 4.08. The minimum atomic E-state index is -4.38. The van der Waals surface area contributed by atoms with Gasteiger partial charge in [0.05, 0.1) is 23.5 Å². The molecule has 0 aliphatic heterocycles. The molecular weight excluding hydrogens is 347 g/mol. The number of benzene rings is 1. The second-order valence-corrected chi connectivity index (χ2v) is 6.04. The van der Waals surface area contributed by atoms with Gasteiger partial charge in [-0.25, -0.2) is 9.67 Å². The van der Waals surface area contributed by atoms with Gasteiger partial charge in [0.25, 0.3) is 5.56 Å². The molecule has 2 heterocycles. The van der Waals surface area contributed by atoms with Gasteiger partial charge in [-0.1, -0.05) is 11.3 Å². The van der Waals surface area contributed by atoms with E-state index >= 15 is 0 Å². The SMILES string of the molecule is Cc1nc(-c2cn(C(C)c3ccc(C(F)(F)F)cc3C)nn2)cc(=O)[nH]1. The van der Waals surface area contributed by atoms with Gasteiger partial charge in [-0.2, -0.15) is 13.2 Å². The zero-order chi connectivity index (χ0) is 19.1. The monoisotopic (exact) mass is 363 g/mol. The molecule has 1 unspecified atom stereocenters. The Labute approximate surface area is 146 Å². The first-order valence-electron chi connectivity index (χ1n) is 7.83. The van der Waals surface area contributed by atoms with Crippen molar-refractivity contribution in [2.24, 2.45) is 0 Å². The molecule has 0 fully saturated rings. The highest BCUT2D eigenvalue weighted by molar-refractivity contribution is 5.51. The molecule has 26 heavy (non-hydrogen) atoms. The summed E-state index contributed by atoms with van der Waals surface area (Å²) in [6.07, 6.45) is -2.76. The Morgan fingerprint density at radius 3 is 2.50 bits per heavy atom. The van der Waals surface area contributed by atoms with Crippen LogP contribution in [-0.2, 0) is 6.18 Å². The van der Waals surface area contributed by atoms with E-state index in [9.17, 15) is 18.0 Å². The van der Waals surface area contributed by atoms with Crippen LogP contribution in [0.15, 0.2) is 35.3 Å². The standard InChI is InChI=1S/C17H16F3N5O/c1-9-6-12(17(18,19)20)4-5-13(9)10(2)25-8-15(23-24-25)14-7-16(26)22-11(3)21-14/h4-8,10H,1-3H3,(H,21,22,26). The van der Waals surface area contributed by atoms with Crippen LogP contribution in [0.5, 0.6) is 0 Å². The summed E-state index contributed by atoms with van der Waals surface area (Å²) in [4.78, 5) is 18.3. The number of hydrogen-bond acceptors (Lipinski definition) is 4. The normalized spacial score (nSPS) is 13.0. The molecule has 0 saturated carbocycles. The maximum absolute atomic E-state index is 12.8. The van der Waals surface area contributed by atoms with E-state index in [-0.39, 0.29) is 11.6 Å². The van der Waals surface area contributed by atoms with Crippen LogP contribution < -0.4 is 5.56 Å². The van der Waals surface area contributed by atoms with Gasteiger partial charge in [0.2, 0.25) is 0 Å². The fourth-order valence-corrected chi connectivity index (χ4v) is 2.76. The third kappa shape index (κ3) is 3.51. The summed E-state index contributed by atoms with van der Waals surface area (Å²) in [5.41, 5.74) is 1.02. The highest BCUT2D eigenvalue weighted by Crippen LogP contribution is 2.32. The van der Waals surface area contributed by atoms with Gasteiger partial charge in [-0.3, -0.25) is 4.79 Å². The molecule has 3 aromatic rings. The summed E-state index contributed by atoms with van der Waals surface area (Å²) in [7, 11) is 0. The van der Waals surface area contributed by atoms with Crippen LogP contribution in [0.1, 0.15) is 35.5 Å². The van der Waals surface area contributed by atoms with Gasteiger partial charge in [0.15, 0.2) is 0 Å². The van der Waals surface area contributed by atoms with Crippen molar-refractivity contribution in [3.05, 3.63) is 63.3 Å². The molecule has 0 aliphatic carbocycles. The Kier molecular flexibility index (Phi) is 4.39. The van der Waals surface area contributed by atoms with E-state index in [1.807, 2.05) is 6.92 Å². The first-order valence-corrected chi connectivity index (χ1v) is 7.83. The van der Waals surface area contributed by atoms with Crippen LogP contribution in [0.25, 0.3) is 11.4 Å². The van der Waals surface area contributed by atoms with Crippen LogP contribution in [0.4, 0.5) is 13.2 Å². The van der Waals surface area contributed by atoms with Gasteiger partial charge in [0, 0.05) is 6.07 Å². The lowest BCUT2D eigenvalue weighted by molar-refractivity contribution is -0.137. The average Bonchev–Trinajstić information content (AvgIpc) is 3.02. The van der Waals surface area contributed by atoms with Gasteiger partial charge < -0.3 is 4.98 Å². The lowest BCUT2D eigenvalue weighted by atomic mass is 10.00. The molecule has 2 aromatic heterocycles. The van der Waals surface area contributed by atoms with Crippen LogP contribution in [0, 0.1) is 13.8 Å². The number of aromatic amines is 1. The minimum absolute atomic E-state index is 0.298. The number of H-pyrrole nitrogens is 1. The van der Waals surface area contributed by atoms with Crippen molar-refractivity contribution in [3.63, 3.8) is 0 Å². The predicted molar refractivity (Wildman–Crippen MR) is 88.6 cm³/mol. The summed E-state index contributed by atoms with van der Waals surface area (Å²) < 4.78 is 40.0. The molecule has 136 valence electrons. The van der Waals surface area contributed by atoms with Crippen LogP contribution in [-0.4, -0.2) is 25.0 Å². The summed E-state index contributed by atoms with van der Waals surface area (Å²) in [6.45, 7) is 5.09. The highest BCUT2D eigenvalue weighted by atomic mass is 19.4. The Morgan fingerprint density at radius 1 is 1.15 bits per heavy atom. The van der Waals surface area contributed by atoms with Gasteiger partial charge in [-0.05, 0) is 44.0 Å². The number of aromatic nitrogens is 5. The van der Waals surface area contributed by atoms with Crippen LogP contribution in [0.3, 0.4) is 0 Å². The Morgan fingerprint density at radius 2 is 1.88 bits per heavy atom. The number of nitrogens with one attached hydrogen (secondary N) is 1. The molecule has 0 aliphatic rings. The van der Waals surface area contributed by atoms with E-state index in [0.29, 0.717) is 28.3 Å². The lowest BCUT2D eigenvalue weighted by Gasteiger charge is -2.16. The van der Waals surface area contributed by atoms with E-state index in [1.54, 1.807) is 20.0 Å². The average molecular weight is 363 g/mol. The van der Waals surface area contributed by atoms with Crippen molar-refractivity contribution in [2.45, 2.75) is 33.0 Å². The molecule has 1 atom stereocenters. The molecule has 3 rings (SSSR count). The van der Waals surface area contributed by atoms with Crippen molar-refractivity contribution in [2.75, 3.05) is 0 Å². The van der Waals surface area contributed by atoms with Crippen molar-refractivity contribution in [1.29, 1.82) is 0 Å². The summed E-state index contributed by atoms with van der Waals surface area (Å²) in [5, 5.41) is 8.05. The van der Waals surface area contributed by atoms with Gasteiger partial charge in [-0.15, -0.1) is 5.10 Å². The fraction of sp³-hybridized carbons (Fsp3) is 0.294. The molecule has 0 bridgehead atoms. The zero-order valence-electron chi connectivity index (χ0n) is 14.3. The maximum Gasteiger partial charge on any atom is 0.416 e. The Balaban J connectivity index is 1.93. The molecular formula is C17H16F3N5O. The van der Waals surface area contributed by atoms with Crippen molar-refractivity contribution in [1.82, 2.24) is 25.0 Å². The molecule has 0 spiro atoms. The molecule has 1 N–H and O–H groups in total. The van der Waals surface area contributed by atoms with E-state index in [2.05, 4.69) is 20.3 Å². The van der Waals surface area contributed by atoms with Crippen LogP contribution >= 0.6 is 0 Å². The second-order valence-electron chi connectivity index (χ2n) is 6.04. The van der Waals surface area contributed by atoms with E-state index in [1.165, 1.54) is 16.8 Å². The topological polar surface area (TPSA) is 76.5 Å². The van der Waals surface area contributed by atoms with Gasteiger partial charge >= 0.3 is 6.18 Å². The number of hydrogen-bond donors (Lipinski definition) is 1. The number of alkyl halides is 3. The quantitative estimate of drug-likeness (QED) is 0.775. The maximum atomic E-state index is 12.8.